The molecule has 0 aromatic heterocycles. The van der Waals surface area contributed by atoms with E-state index in [9.17, 15) is 0 Å². The number of anilines is 3. The van der Waals surface area contributed by atoms with Crippen LogP contribution in [0.2, 0.25) is 15.1 Å². The molecule has 0 aliphatic heterocycles. The van der Waals surface area contributed by atoms with Crippen LogP contribution in [0, 0.1) is 53.3 Å². The van der Waals surface area contributed by atoms with Crippen molar-refractivity contribution in [3.8, 4) is 34.5 Å². The Hall–Kier alpha value is -3.45. The Bertz CT molecular complexity index is 2450. The molecule has 16 rings (SSSR count). The Morgan fingerprint density at radius 3 is 0.873 bits per heavy atom. The SMILES string of the molecule is Nc1cc(Oc2c(Oc3ccc(Cl)c(N)c3)c(C34CC5CC(CC(C5)C3)C4)c(C34CC5CC(CC(C5)C3)C4)c(Oc3ccc(Cl)c(N)c3)c2C23CC4CC(CC(C4)C2)C3)ccc1Cl. The highest BCUT2D eigenvalue weighted by atomic mass is 35.5. The van der Waals surface area contributed by atoms with E-state index in [1.54, 1.807) is 0 Å². The zero-order chi connectivity index (χ0) is 42.6. The number of rotatable bonds is 9. The molecule has 0 heterocycles. The van der Waals surface area contributed by atoms with Crippen molar-refractivity contribution in [2.45, 2.75) is 132 Å². The lowest BCUT2D eigenvalue weighted by Crippen LogP contribution is -2.53. The van der Waals surface area contributed by atoms with Crippen LogP contribution in [-0.2, 0) is 16.2 Å². The van der Waals surface area contributed by atoms with Gasteiger partial charge in [-0.2, -0.15) is 0 Å². The van der Waals surface area contributed by atoms with Crippen LogP contribution in [0.1, 0.15) is 132 Å². The minimum atomic E-state index is -0.177. The first-order valence-electron chi connectivity index (χ1n) is 24.3. The zero-order valence-corrected chi connectivity index (χ0v) is 38.5. The first-order valence-corrected chi connectivity index (χ1v) is 25.5. The van der Waals surface area contributed by atoms with Gasteiger partial charge in [-0.3, -0.25) is 0 Å². The van der Waals surface area contributed by atoms with Gasteiger partial charge in [-0.05, 0) is 205 Å². The topological polar surface area (TPSA) is 106 Å². The normalized spacial score (nSPS) is 37.5. The molecule has 63 heavy (non-hydrogen) atoms. The van der Waals surface area contributed by atoms with Crippen LogP contribution < -0.4 is 31.4 Å². The molecule has 0 amide bonds. The van der Waals surface area contributed by atoms with E-state index in [0.717, 1.165) is 79.3 Å². The molecule has 330 valence electrons. The van der Waals surface area contributed by atoms with Crippen molar-refractivity contribution in [2.75, 3.05) is 17.2 Å². The van der Waals surface area contributed by atoms with Crippen molar-refractivity contribution in [1.29, 1.82) is 0 Å². The van der Waals surface area contributed by atoms with E-state index in [2.05, 4.69) is 0 Å². The van der Waals surface area contributed by atoms with Crippen molar-refractivity contribution in [3.63, 3.8) is 0 Å². The summed E-state index contributed by atoms with van der Waals surface area (Å²) < 4.78 is 23.2. The third-order valence-corrected chi connectivity index (χ3v) is 19.7. The fourth-order valence-corrected chi connectivity index (χ4v) is 18.2. The van der Waals surface area contributed by atoms with E-state index >= 15 is 0 Å². The van der Waals surface area contributed by atoms with Gasteiger partial charge in [0.05, 0.1) is 32.1 Å². The lowest BCUT2D eigenvalue weighted by atomic mass is 9.43. The third-order valence-electron chi connectivity index (χ3n) is 18.6. The van der Waals surface area contributed by atoms with E-state index in [4.69, 9.17) is 66.2 Å². The average molecular weight is 905 g/mol. The summed E-state index contributed by atoms with van der Waals surface area (Å²) in [5.74, 6) is 11.0. The smallest absolute Gasteiger partial charge is 0.177 e. The molecule has 12 saturated carbocycles. The molecular formula is C54H60Cl3N3O3. The highest BCUT2D eigenvalue weighted by molar-refractivity contribution is 6.33. The molecule has 4 aromatic rings. The highest BCUT2D eigenvalue weighted by Gasteiger charge is 2.62. The largest absolute Gasteiger partial charge is 0.457 e. The van der Waals surface area contributed by atoms with Gasteiger partial charge in [0.15, 0.2) is 11.5 Å². The molecule has 12 aliphatic rings. The maximum Gasteiger partial charge on any atom is 0.177 e. The molecule has 6 nitrogen and oxygen atoms in total. The fraction of sp³-hybridized carbons (Fsp3) is 0.556. The zero-order valence-electron chi connectivity index (χ0n) is 36.2. The first kappa shape index (κ1) is 39.9. The average Bonchev–Trinajstić information content (AvgIpc) is 3.21. The lowest BCUT2D eigenvalue weighted by molar-refractivity contribution is -0.0205. The van der Waals surface area contributed by atoms with Gasteiger partial charge in [0, 0.05) is 51.1 Å². The van der Waals surface area contributed by atoms with Gasteiger partial charge in [0.1, 0.15) is 23.0 Å². The van der Waals surface area contributed by atoms with Crippen LogP contribution in [-0.4, -0.2) is 0 Å². The summed E-state index contributed by atoms with van der Waals surface area (Å²) in [7, 11) is 0. The Balaban J connectivity index is 1.18. The van der Waals surface area contributed by atoms with Crippen LogP contribution in [0.15, 0.2) is 54.6 Å². The van der Waals surface area contributed by atoms with Crippen molar-refractivity contribution in [1.82, 2.24) is 0 Å². The minimum Gasteiger partial charge on any atom is -0.457 e. The van der Waals surface area contributed by atoms with Gasteiger partial charge in [-0.15, -0.1) is 0 Å². The molecule has 12 fully saturated rings. The van der Waals surface area contributed by atoms with Crippen LogP contribution in [0.25, 0.3) is 0 Å². The Morgan fingerprint density at radius 1 is 0.349 bits per heavy atom. The molecule has 0 atom stereocenters. The number of nitrogen functional groups attached to an aromatic ring is 3. The molecule has 4 aromatic carbocycles. The molecule has 0 radical (unpaired) electrons. The second-order valence-corrected chi connectivity index (χ2v) is 24.3. The van der Waals surface area contributed by atoms with Gasteiger partial charge in [-0.25, -0.2) is 0 Å². The van der Waals surface area contributed by atoms with E-state index in [0.29, 0.717) is 79.1 Å². The van der Waals surface area contributed by atoms with Gasteiger partial charge in [0.25, 0.3) is 0 Å². The maximum absolute atomic E-state index is 7.86. The van der Waals surface area contributed by atoms with Crippen molar-refractivity contribution >= 4 is 51.9 Å². The number of halogens is 3. The van der Waals surface area contributed by atoms with Crippen LogP contribution in [0.5, 0.6) is 34.5 Å². The molecule has 12 aliphatic carbocycles. The Labute approximate surface area is 387 Å². The second kappa shape index (κ2) is 14.3. The Kier molecular flexibility index (Phi) is 9.04. The number of hydrogen-bond donors (Lipinski definition) is 3. The Morgan fingerprint density at radius 2 is 0.587 bits per heavy atom. The van der Waals surface area contributed by atoms with Gasteiger partial charge < -0.3 is 31.4 Å². The maximum atomic E-state index is 7.86. The lowest BCUT2D eigenvalue weighted by Gasteiger charge is -2.62. The summed E-state index contributed by atoms with van der Waals surface area (Å²) in [5, 5.41) is 1.56. The summed E-state index contributed by atoms with van der Waals surface area (Å²) in [5.41, 5.74) is 25.1. The van der Waals surface area contributed by atoms with Crippen molar-refractivity contribution in [2.24, 2.45) is 53.3 Å². The standard InChI is InChI=1S/C54H60Cl3N3O3/c55-40-4-1-37(16-43(40)58)61-49-46(52-19-28-7-29(20-52)9-30(8-28)21-52)47(53-22-31-10-32(23-53)12-33(11-31)24-53)50(62-38-2-5-41(56)44(59)17-38)51(63-39-3-6-42(57)45(60)18-39)48(49)54-25-34-13-35(26-54)15-36(14-34)27-54/h1-6,16-18,28-36H,7-15,19-27,58-60H2. The number of ether oxygens (including phenoxy) is 3. The molecule has 9 heteroatoms. The predicted molar refractivity (Wildman–Crippen MR) is 254 cm³/mol. The number of nitrogens with two attached hydrogens (primary N) is 3. The van der Waals surface area contributed by atoms with E-state index in [1.165, 1.54) is 93.7 Å². The molecule has 0 saturated heterocycles. The summed E-state index contributed by atoms with van der Waals surface area (Å²) in [6.45, 7) is 0. The molecule has 6 N–H and O–H groups in total. The molecule has 12 bridgehead atoms. The van der Waals surface area contributed by atoms with Gasteiger partial charge in [0.2, 0.25) is 0 Å². The van der Waals surface area contributed by atoms with E-state index in [1.807, 2.05) is 54.6 Å². The molecule has 0 spiro atoms. The third kappa shape index (κ3) is 6.44. The first-order chi connectivity index (χ1) is 30.4. The van der Waals surface area contributed by atoms with Crippen molar-refractivity contribution < 1.29 is 14.2 Å². The van der Waals surface area contributed by atoms with Crippen LogP contribution in [0.3, 0.4) is 0 Å². The minimum absolute atomic E-state index is 0.0574. The summed E-state index contributed by atoms with van der Waals surface area (Å²) in [6.07, 6.45) is 22.4. The monoisotopic (exact) mass is 903 g/mol. The number of hydrogen-bond acceptors (Lipinski definition) is 6. The van der Waals surface area contributed by atoms with E-state index < -0.39 is 0 Å². The van der Waals surface area contributed by atoms with E-state index in [-0.39, 0.29) is 16.2 Å². The summed E-state index contributed by atoms with van der Waals surface area (Å²) in [4.78, 5) is 0. The highest BCUT2D eigenvalue weighted by Crippen LogP contribution is 2.73. The fourth-order valence-electron chi connectivity index (χ4n) is 17.8. The van der Waals surface area contributed by atoms with Crippen molar-refractivity contribution in [3.05, 3.63) is 86.4 Å². The van der Waals surface area contributed by atoms with Gasteiger partial charge >= 0.3 is 0 Å². The quantitative estimate of drug-likeness (QED) is 0.145. The summed E-state index contributed by atoms with van der Waals surface area (Å²) >= 11 is 20.0. The van der Waals surface area contributed by atoms with Crippen LogP contribution >= 0.6 is 34.8 Å². The number of benzene rings is 4. The summed E-state index contributed by atoms with van der Waals surface area (Å²) in [6, 6.07) is 17.3. The molecule has 0 unspecified atom stereocenters. The molecular weight excluding hydrogens is 845 g/mol. The van der Waals surface area contributed by atoms with Crippen LogP contribution in [0.4, 0.5) is 17.1 Å². The predicted octanol–water partition coefficient (Wildman–Crippen LogP) is 15.2. The van der Waals surface area contributed by atoms with Gasteiger partial charge in [-0.1, -0.05) is 34.8 Å². The second-order valence-electron chi connectivity index (χ2n) is 23.1.